The van der Waals surface area contributed by atoms with Crippen molar-refractivity contribution in [2.24, 2.45) is 0 Å². The maximum Gasteiger partial charge on any atom is 0.491 e. The molecular weight excluding hydrogens is 283 g/mol. The molecule has 22 heavy (non-hydrogen) atoms. The minimum atomic E-state index is -0.862. The number of ether oxygens (including phenoxy) is 1. The highest BCUT2D eigenvalue weighted by Gasteiger charge is 2.27. The van der Waals surface area contributed by atoms with Crippen LogP contribution in [-0.4, -0.2) is 29.6 Å². The Kier molecular flexibility index (Phi) is 4.08. The Morgan fingerprint density at radius 1 is 1.45 bits per heavy atom. The minimum Gasteiger partial charge on any atom is -0.439 e. The third-order valence-electron chi connectivity index (χ3n) is 3.34. The number of benzene rings is 1. The van der Waals surface area contributed by atoms with Gasteiger partial charge in [-0.3, -0.25) is 4.79 Å². The van der Waals surface area contributed by atoms with Gasteiger partial charge in [-0.1, -0.05) is 6.07 Å². The smallest absolute Gasteiger partial charge is 0.439 e. The van der Waals surface area contributed by atoms with Crippen LogP contribution in [-0.2, 0) is 11.3 Å². The van der Waals surface area contributed by atoms with Crippen LogP contribution in [0.2, 0.25) is 0 Å². The number of carbonyl (C=O) groups is 1. The van der Waals surface area contributed by atoms with Crippen molar-refractivity contribution >= 4 is 18.5 Å². The molecule has 1 amide bonds. The Morgan fingerprint density at radius 2 is 2.32 bits per heavy atom. The van der Waals surface area contributed by atoms with Crippen LogP contribution in [0.5, 0.6) is 11.6 Å². The van der Waals surface area contributed by atoms with Crippen molar-refractivity contribution in [3.05, 3.63) is 47.7 Å². The lowest BCUT2D eigenvalue weighted by molar-refractivity contribution is 0.0955. The monoisotopic (exact) mass is 298 g/mol. The average Bonchev–Trinajstić information content (AvgIpc) is 2.89. The van der Waals surface area contributed by atoms with Crippen LogP contribution in [0.1, 0.15) is 22.8 Å². The van der Waals surface area contributed by atoms with E-state index in [4.69, 9.17) is 9.39 Å². The van der Waals surface area contributed by atoms with Crippen LogP contribution in [0.25, 0.3) is 0 Å². The molecule has 1 aliphatic rings. The predicted molar refractivity (Wildman–Crippen MR) is 81.2 cm³/mol. The van der Waals surface area contributed by atoms with Gasteiger partial charge in [0.25, 0.3) is 5.91 Å². The molecule has 112 valence electrons. The number of carbonyl (C=O) groups excluding carboxylic acids is 1. The predicted octanol–water partition coefficient (Wildman–Crippen LogP) is 0.841. The van der Waals surface area contributed by atoms with E-state index >= 15 is 0 Å². The number of hydrogen-bond donors (Lipinski definition) is 2. The highest BCUT2D eigenvalue weighted by atomic mass is 16.5. The molecule has 1 aromatic carbocycles. The lowest BCUT2D eigenvalue weighted by atomic mass is 9.80. The number of rotatable bonds is 4. The molecule has 2 N–H and O–H groups in total. The molecule has 2 aromatic rings. The van der Waals surface area contributed by atoms with Crippen molar-refractivity contribution in [1.29, 1.82) is 0 Å². The second-order valence-electron chi connectivity index (χ2n) is 4.87. The van der Waals surface area contributed by atoms with Crippen molar-refractivity contribution in [1.82, 2.24) is 10.3 Å². The summed E-state index contributed by atoms with van der Waals surface area (Å²) in [5.41, 5.74) is 2.13. The number of nitrogens with one attached hydrogen (secondary N) is 1. The summed E-state index contributed by atoms with van der Waals surface area (Å²) in [5, 5.41) is 12.3. The Morgan fingerprint density at radius 3 is 3.05 bits per heavy atom. The minimum absolute atomic E-state index is 0.162. The van der Waals surface area contributed by atoms with Crippen molar-refractivity contribution in [2.45, 2.75) is 13.5 Å². The van der Waals surface area contributed by atoms with E-state index in [0.717, 1.165) is 11.0 Å². The second-order valence-corrected chi connectivity index (χ2v) is 4.87. The molecule has 0 radical (unpaired) electrons. The lowest BCUT2D eigenvalue weighted by Crippen LogP contribution is -2.27. The molecule has 0 fully saturated rings. The van der Waals surface area contributed by atoms with Gasteiger partial charge in [0, 0.05) is 18.8 Å². The molecule has 6 nitrogen and oxygen atoms in total. The summed E-state index contributed by atoms with van der Waals surface area (Å²) in [6.07, 6.45) is 1.47. The Labute approximate surface area is 128 Å². The number of pyridine rings is 1. The molecular formula is C15H15BN2O4. The van der Waals surface area contributed by atoms with Gasteiger partial charge in [0.15, 0.2) is 0 Å². The van der Waals surface area contributed by atoms with E-state index in [1.807, 2.05) is 13.0 Å². The van der Waals surface area contributed by atoms with E-state index in [1.54, 1.807) is 24.3 Å². The lowest BCUT2D eigenvalue weighted by Gasteiger charge is -2.07. The van der Waals surface area contributed by atoms with Gasteiger partial charge in [0.2, 0.25) is 5.88 Å². The number of nitrogens with zero attached hydrogens (tertiary/aromatic N) is 1. The topological polar surface area (TPSA) is 80.7 Å². The van der Waals surface area contributed by atoms with Crippen molar-refractivity contribution in [3.63, 3.8) is 0 Å². The molecule has 0 bridgehead atoms. The number of aromatic nitrogens is 1. The molecule has 0 aliphatic carbocycles. The molecule has 0 atom stereocenters. The van der Waals surface area contributed by atoms with E-state index in [-0.39, 0.29) is 5.91 Å². The molecule has 1 aromatic heterocycles. The van der Waals surface area contributed by atoms with Gasteiger partial charge in [-0.2, -0.15) is 0 Å². The second kappa shape index (κ2) is 6.17. The van der Waals surface area contributed by atoms with Crippen LogP contribution in [0.3, 0.4) is 0 Å². The fourth-order valence-corrected chi connectivity index (χ4v) is 2.23. The first-order chi connectivity index (χ1) is 10.7. The molecule has 3 rings (SSSR count). The summed E-state index contributed by atoms with van der Waals surface area (Å²) in [5.74, 6) is 0.840. The molecule has 7 heteroatoms. The fraction of sp³-hybridized carbons (Fsp3) is 0.200. The Hall–Kier alpha value is -2.38. The van der Waals surface area contributed by atoms with Gasteiger partial charge >= 0.3 is 7.12 Å². The first-order valence-corrected chi connectivity index (χ1v) is 7.02. The van der Waals surface area contributed by atoms with Gasteiger partial charge in [-0.25, -0.2) is 4.98 Å². The third-order valence-corrected chi connectivity index (χ3v) is 3.34. The molecule has 2 heterocycles. The molecule has 0 saturated carbocycles. The third kappa shape index (κ3) is 2.95. The van der Waals surface area contributed by atoms with Gasteiger partial charge in [-0.15, -0.1) is 0 Å². The molecule has 0 spiro atoms. The van der Waals surface area contributed by atoms with E-state index < -0.39 is 7.12 Å². The summed E-state index contributed by atoms with van der Waals surface area (Å²) in [6, 6.07) is 8.63. The fourth-order valence-electron chi connectivity index (χ4n) is 2.23. The van der Waals surface area contributed by atoms with E-state index in [0.29, 0.717) is 30.3 Å². The van der Waals surface area contributed by atoms with Crippen LogP contribution >= 0.6 is 0 Å². The first kappa shape index (κ1) is 14.6. The van der Waals surface area contributed by atoms with Crippen molar-refractivity contribution in [3.8, 4) is 11.6 Å². The maximum absolute atomic E-state index is 11.6. The quantitative estimate of drug-likeness (QED) is 0.818. The summed E-state index contributed by atoms with van der Waals surface area (Å²) in [4.78, 5) is 15.8. The van der Waals surface area contributed by atoms with Crippen LogP contribution in [0.4, 0.5) is 0 Å². The van der Waals surface area contributed by atoms with Crippen molar-refractivity contribution in [2.75, 3.05) is 6.54 Å². The van der Waals surface area contributed by atoms with Crippen LogP contribution in [0, 0.1) is 0 Å². The van der Waals surface area contributed by atoms with E-state index in [9.17, 15) is 9.82 Å². The molecule has 1 aliphatic heterocycles. The normalized spacial score (nSPS) is 12.9. The summed E-state index contributed by atoms with van der Waals surface area (Å²) < 4.78 is 10.8. The highest BCUT2D eigenvalue weighted by molar-refractivity contribution is 6.61. The van der Waals surface area contributed by atoms with Crippen LogP contribution < -0.4 is 15.5 Å². The van der Waals surface area contributed by atoms with Crippen LogP contribution in [0.15, 0.2) is 36.5 Å². The number of amides is 1. The average molecular weight is 298 g/mol. The van der Waals surface area contributed by atoms with Gasteiger partial charge < -0.3 is 19.7 Å². The first-order valence-electron chi connectivity index (χ1n) is 7.02. The zero-order valence-corrected chi connectivity index (χ0v) is 12.1. The number of hydrogen-bond acceptors (Lipinski definition) is 5. The van der Waals surface area contributed by atoms with E-state index in [1.165, 1.54) is 6.20 Å². The molecule has 0 saturated heterocycles. The summed E-state index contributed by atoms with van der Waals surface area (Å²) in [7, 11) is -0.862. The Balaban J connectivity index is 1.72. The SMILES string of the molecule is CCNC(=O)c1ccc(Oc2ccc3c(c2)COB3O)nc1. The largest absolute Gasteiger partial charge is 0.491 e. The Bertz CT molecular complexity index is 690. The van der Waals surface area contributed by atoms with Gasteiger partial charge in [-0.05, 0) is 36.1 Å². The van der Waals surface area contributed by atoms with E-state index in [2.05, 4.69) is 10.3 Å². The zero-order valence-electron chi connectivity index (χ0n) is 12.1. The highest BCUT2D eigenvalue weighted by Crippen LogP contribution is 2.22. The zero-order chi connectivity index (χ0) is 15.5. The van der Waals surface area contributed by atoms with Gasteiger partial charge in [0.05, 0.1) is 12.2 Å². The number of fused-ring (bicyclic) bond motifs is 1. The maximum atomic E-state index is 11.6. The summed E-state index contributed by atoms with van der Waals surface area (Å²) >= 11 is 0. The van der Waals surface area contributed by atoms with Crippen molar-refractivity contribution < 1.29 is 19.2 Å². The standard InChI is InChI=1S/C15H15BN2O4/c1-2-17-15(19)10-3-6-14(18-8-10)22-12-4-5-13-11(7-12)9-21-16(13)20/h3-8,20H,2,9H2,1H3,(H,17,19). The summed E-state index contributed by atoms with van der Waals surface area (Å²) in [6.45, 7) is 2.79. The van der Waals surface area contributed by atoms with Gasteiger partial charge in [0.1, 0.15) is 5.75 Å². The molecule has 0 unspecified atom stereocenters.